The van der Waals surface area contributed by atoms with E-state index in [1.54, 1.807) is 11.3 Å². The Morgan fingerprint density at radius 2 is 2.23 bits per heavy atom. The van der Waals surface area contributed by atoms with Crippen LogP contribution >= 0.6 is 11.3 Å². The van der Waals surface area contributed by atoms with Crippen LogP contribution in [0.4, 0.5) is 5.13 Å². The summed E-state index contributed by atoms with van der Waals surface area (Å²) in [7, 11) is 0. The largest absolute Gasteiger partial charge is 0.354 e. The van der Waals surface area contributed by atoms with E-state index in [4.69, 9.17) is 0 Å². The van der Waals surface area contributed by atoms with Crippen molar-refractivity contribution in [1.29, 1.82) is 0 Å². The molecule has 1 N–H and O–H groups in total. The Morgan fingerprint density at radius 3 is 3.00 bits per heavy atom. The molecule has 5 heteroatoms. The van der Waals surface area contributed by atoms with E-state index in [2.05, 4.69) is 27.3 Å². The lowest BCUT2D eigenvalue weighted by atomic mass is 10.1. The number of aryl methyl sites for hydroxylation is 1. The average molecular weight is 315 g/mol. The van der Waals surface area contributed by atoms with E-state index < -0.39 is 0 Å². The predicted molar refractivity (Wildman–Crippen MR) is 90.3 cm³/mol. The van der Waals surface area contributed by atoms with Crippen molar-refractivity contribution in [3.8, 4) is 0 Å². The molecule has 1 aliphatic rings. The average Bonchev–Trinajstić information content (AvgIpc) is 3.22. The smallest absolute Gasteiger partial charge is 0.220 e. The van der Waals surface area contributed by atoms with Crippen LogP contribution in [0.15, 0.2) is 41.9 Å². The van der Waals surface area contributed by atoms with Crippen LogP contribution in [0.3, 0.4) is 0 Å². The quantitative estimate of drug-likeness (QED) is 0.891. The Labute approximate surface area is 135 Å². The van der Waals surface area contributed by atoms with E-state index >= 15 is 0 Å². The third kappa shape index (κ3) is 3.85. The number of hydrogen-bond acceptors (Lipinski definition) is 4. The summed E-state index contributed by atoms with van der Waals surface area (Å²) in [5, 5.41) is 6.16. The molecule has 2 heterocycles. The molecule has 1 aromatic heterocycles. The number of rotatable bonds is 6. The van der Waals surface area contributed by atoms with Gasteiger partial charge >= 0.3 is 0 Å². The number of nitrogens with zero attached hydrogens (tertiary/aromatic N) is 2. The number of aromatic nitrogens is 1. The molecular weight excluding hydrogens is 294 g/mol. The van der Waals surface area contributed by atoms with Crippen LogP contribution in [0.1, 0.15) is 24.8 Å². The summed E-state index contributed by atoms with van der Waals surface area (Å²) < 4.78 is 0. The van der Waals surface area contributed by atoms with Gasteiger partial charge in [-0.3, -0.25) is 4.79 Å². The van der Waals surface area contributed by atoms with Gasteiger partial charge in [-0.15, -0.1) is 11.3 Å². The third-order valence-electron chi connectivity index (χ3n) is 4.06. The fraction of sp³-hybridized carbons (Fsp3) is 0.412. The van der Waals surface area contributed by atoms with Gasteiger partial charge in [-0.25, -0.2) is 4.98 Å². The lowest BCUT2D eigenvalue weighted by Gasteiger charge is -2.24. The fourth-order valence-corrected chi connectivity index (χ4v) is 3.62. The van der Waals surface area contributed by atoms with Gasteiger partial charge in [0.05, 0.1) is 0 Å². The Morgan fingerprint density at radius 1 is 1.36 bits per heavy atom. The molecule has 1 fully saturated rings. The maximum Gasteiger partial charge on any atom is 0.220 e. The van der Waals surface area contributed by atoms with Crippen molar-refractivity contribution in [3.05, 3.63) is 47.5 Å². The molecule has 2 aromatic rings. The van der Waals surface area contributed by atoms with Gasteiger partial charge in [-0.2, -0.15) is 0 Å². The standard InChI is InChI=1S/C17H21N3OS/c21-16(9-8-14-5-2-1-3-6-14)19-13-15-7-4-11-20(15)17-18-10-12-22-17/h1-3,5-6,10,12,15H,4,7-9,11,13H2,(H,19,21). The molecule has 1 aliphatic heterocycles. The molecule has 1 unspecified atom stereocenters. The third-order valence-corrected chi connectivity index (χ3v) is 4.87. The van der Waals surface area contributed by atoms with Gasteiger partial charge in [0.25, 0.3) is 0 Å². The first-order valence-corrected chi connectivity index (χ1v) is 8.67. The number of carbonyl (C=O) groups excluding carboxylic acids is 1. The highest BCUT2D eigenvalue weighted by Crippen LogP contribution is 2.26. The van der Waals surface area contributed by atoms with Gasteiger partial charge < -0.3 is 10.2 Å². The number of nitrogens with one attached hydrogen (secondary N) is 1. The number of thiazole rings is 1. The van der Waals surface area contributed by atoms with E-state index in [1.165, 1.54) is 12.0 Å². The molecule has 116 valence electrons. The van der Waals surface area contributed by atoms with Crippen molar-refractivity contribution < 1.29 is 4.79 Å². The molecule has 3 rings (SSSR count). The highest BCUT2D eigenvalue weighted by molar-refractivity contribution is 7.13. The minimum Gasteiger partial charge on any atom is -0.354 e. The number of benzene rings is 1. The molecule has 1 atom stereocenters. The molecule has 1 amide bonds. The van der Waals surface area contributed by atoms with Crippen LogP contribution in [0.2, 0.25) is 0 Å². The number of carbonyl (C=O) groups is 1. The molecular formula is C17H21N3OS. The monoisotopic (exact) mass is 315 g/mol. The lowest BCUT2D eigenvalue weighted by molar-refractivity contribution is -0.121. The second-order valence-electron chi connectivity index (χ2n) is 5.59. The van der Waals surface area contributed by atoms with E-state index in [-0.39, 0.29) is 5.91 Å². The topological polar surface area (TPSA) is 45.2 Å². The van der Waals surface area contributed by atoms with Crippen molar-refractivity contribution in [1.82, 2.24) is 10.3 Å². The Hall–Kier alpha value is -1.88. The van der Waals surface area contributed by atoms with Gasteiger partial charge in [0, 0.05) is 37.1 Å². The lowest BCUT2D eigenvalue weighted by Crippen LogP contribution is -2.40. The molecule has 4 nitrogen and oxygen atoms in total. The molecule has 0 saturated carbocycles. The predicted octanol–water partition coefficient (Wildman–Crippen LogP) is 2.86. The molecule has 0 spiro atoms. The summed E-state index contributed by atoms with van der Waals surface area (Å²) in [5.41, 5.74) is 1.21. The zero-order valence-corrected chi connectivity index (χ0v) is 13.4. The Balaban J connectivity index is 1.44. The molecule has 0 aliphatic carbocycles. The first-order chi connectivity index (χ1) is 10.8. The minimum absolute atomic E-state index is 0.134. The van der Waals surface area contributed by atoms with E-state index in [0.29, 0.717) is 19.0 Å². The molecule has 22 heavy (non-hydrogen) atoms. The van der Waals surface area contributed by atoms with Crippen LogP contribution in [0.25, 0.3) is 0 Å². The summed E-state index contributed by atoms with van der Waals surface area (Å²) in [6, 6.07) is 10.5. The van der Waals surface area contributed by atoms with Gasteiger partial charge in [-0.1, -0.05) is 30.3 Å². The van der Waals surface area contributed by atoms with Gasteiger partial charge in [0.2, 0.25) is 5.91 Å². The number of hydrogen-bond donors (Lipinski definition) is 1. The zero-order valence-electron chi connectivity index (χ0n) is 12.6. The molecule has 1 saturated heterocycles. The van der Waals surface area contributed by atoms with E-state index in [9.17, 15) is 4.79 Å². The van der Waals surface area contributed by atoms with Crippen LogP contribution < -0.4 is 10.2 Å². The summed E-state index contributed by atoms with van der Waals surface area (Å²) in [5.74, 6) is 0.134. The fourth-order valence-electron chi connectivity index (χ4n) is 2.88. The summed E-state index contributed by atoms with van der Waals surface area (Å²) >= 11 is 1.67. The maximum absolute atomic E-state index is 12.0. The number of amides is 1. The second kappa shape index (κ2) is 7.40. The summed E-state index contributed by atoms with van der Waals surface area (Å²) in [6.07, 6.45) is 5.48. The molecule has 1 aromatic carbocycles. The first-order valence-electron chi connectivity index (χ1n) is 7.79. The van der Waals surface area contributed by atoms with Crippen molar-refractivity contribution >= 4 is 22.4 Å². The Kier molecular flexibility index (Phi) is 5.06. The van der Waals surface area contributed by atoms with Crippen molar-refractivity contribution in [3.63, 3.8) is 0 Å². The van der Waals surface area contributed by atoms with Crippen molar-refractivity contribution in [2.24, 2.45) is 0 Å². The normalized spacial score (nSPS) is 17.6. The number of anilines is 1. The minimum atomic E-state index is 0.134. The Bertz CT molecular complexity index is 585. The van der Waals surface area contributed by atoms with Gasteiger partial charge in [0.1, 0.15) is 0 Å². The summed E-state index contributed by atoms with van der Waals surface area (Å²) in [6.45, 7) is 1.76. The van der Waals surface area contributed by atoms with E-state index in [0.717, 1.165) is 24.5 Å². The highest BCUT2D eigenvalue weighted by Gasteiger charge is 2.26. The molecule has 0 bridgehead atoms. The maximum atomic E-state index is 12.0. The highest BCUT2D eigenvalue weighted by atomic mass is 32.1. The van der Waals surface area contributed by atoms with Gasteiger partial charge in [-0.05, 0) is 24.8 Å². The first kappa shape index (κ1) is 15.0. The molecule has 0 radical (unpaired) electrons. The van der Waals surface area contributed by atoms with Crippen LogP contribution in [-0.4, -0.2) is 30.0 Å². The van der Waals surface area contributed by atoms with Crippen molar-refractivity contribution in [2.75, 3.05) is 18.0 Å². The van der Waals surface area contributed by atoms with Crippen LogP contribution in [-0.2, 0) is 11.2 Å². The summed E-state index contributed by atoms with van der Waals surface area (Å²) in [4.78, 5) is 18.7. The second-order valence-corrected chi connectivity index (χ2v) is 6.47. The van der Waals surface area contributed by atoms with Gasteiger partial charge in [0.15, 0.2) is 5.13 Å². The zero-order chi connectivity index (χ0) is 15.2. The SMILES string of the molecule is O=C(CCc1ccccc1)NCC1CCCN1c1nccs1. The van der Waals surface area contributed by atoms with E-state index in [1.807, 2.05) is 29.8 Å². The van der Waals surface area contributed by atoms with Crippen molar-refractivity contribution in [2.45, 2.75) is 31.7 Å². The van der Waals surface area contributed by atoms with Crippen LogP contribution in [0.5, 0.6) is 0 Å². The van der Waals surface area contributed by atoms with Crippen LogP contribution in [0, 0.1) is 0 Å².